The van der Waals surface area contributed by atoms with Crippen molar-refractivity contribution in [3.05, 3.63) is 27.4 Å². The van der Waals surface area contributed by atoms with E-state index in [4.69, 9.17) is 11.6 Å². The van der Waals surface area contributed by atoms with Crippen LogP contribution in [-0.4, -0.2) is 15.0 Å². The molecule has 0 fully saturated rings. The van der Waals surface area contributed by atoms with Crippen LogP contribution in [0.25, 0.3) is 10.8 Å². The normalized spacial score (nSPS) is 10.3. The molecule has 0 N–H and O–H groups in total. The Morgan fingerprint density at radius 1 is 1.38 bits per heavy atom. The molecule has 2 aromatic heterocycles. The quantitative estimate of drug-likeness (QED) is 0.752. The Balaban J connectivity index is 2.49. The zero-order chi connectivity index (χ0) is 9.26. The maximum Gasteiger partial charge on any atom is 0.190 e. The number of aromatic nitrogens is 3. The molecule has 0 radical (unpaired) electrons. The molecule has 13 heavy (non-hydrogen) atoms. The average molecular weight is 277 g/mol. The molecule has 3 nitrogen and oxygen atoms in total. The van der Waals surface area contributed by atoms with Crippen LogP contribution in [0.3, 0.4) is 0 Å². The summed E-state index contributed by atoms with van der Waals surface area (Å²) in [5.41, 5.74) is 0. The minimum atomic E-state index is 0.403. The molecule has 2 rings (SSSR count). The van der Waals surface area contributed by atoms with Gasteiger partial charge in [0.15, 0.2) is 10.8 Å². The Hall–Kier alpha value is -0.520. The summed E-state index contributed by atoms with van der Waals surface area (Å²) in [6.45, 7) is 0. The van der Waals surface area contributed by atoms with Gasteiger partial charge >= 0.3 is 0 Å². The lowest BCUT2D eigenvalue weighted by Gasteiger charge is -1.96. The second-order valence-corrected chi connectivity index (χ2v) is 4.28. The van der Waals surface area contributed by atoms with Gasteiger partial charge in [-0.05, 0) is 15.9 Å². The fourth-order valence-electron chi connectivity index (χ4n) is 0.783. The standard InChI is InChI=1S/C7H3BrClN3S/c8-4-3-11-6(12-5(4)9)7-10-1-2-13-7/h1-3H. The molecule has 0 atom stereocenters. The molecular formula is C7H3BrClN3S. The Morgan fingerprint density at radius 2 is 2.23 bits per heavy atom. The van der Waals surface area contributed by atoms with E-state index in [-0.39, 0.29) is 0 Å². The summed E-state index contributed by atoms with van der Waals surface area (Å²) in [6, 6.07) is 0. The molecule has 6 heteroatoms. The SMILES string of the molecule is Clc1nc(-c2nccs2)ncc1Br. The summed E-state index contributed by atoms with van der Waals surface area (Å²) < 4.78 is 0.689. The Labute approximate surface area is 92.0 Å². The molecule has 0 aliphatic heterocycles. The molecule has 0 saturated carbocycles. The molecule has 0 amide bonds. The third kappa shape index (κ3) is 1.87. The van der Waals surface area contributed by atoms with E-state index < -0.39 is 0 Å². The summed E-state index contributed by atoms with van der Waals surface area (Å²) in [7, 11) is 0. The summed E-state index contributed by atoms with van der Waals surface area (Å²) in [6.07, 6.45) is 3.32. The zero-order valence-electron chi connectivity index (χ0n) is 6.24. The van der Waals surface area contributed by atoms with Gasteiger partial charge in [0, 0.05) is 17.8 Å². The van der Waals surface area contributed by atoms with Gasteiger partial charge in [-0.25, -0.2) is 15.0 Å². The highest BCUT2D eigenvalue weighted by atomic mass is 79.9. The van der Waals surface area contributed by atoms with E-state index in [2.05, 4.69) is 30.9 Å². The Kier molecular flexibility index (Phi) is 2.57. The first-order valence-electron chi connectivity index (χ1n) is 3.35. The Bertz CT molecular complexity index is 418. The monoisotopic (exact) mass is 275 g/mol. The van der Waals surface area contributed by atoms with Crippen molar-refractivity contribution in [2.75, 3.05) is 0 Å². The molecule has 0 saturated heterocycles. The van der Waals surface area contributed by atoms with E-state index in [1.54, 1.807) is 12.4 Å². The van der Waals surface area contributed by atoms with Gasteiger partial charge in [0.25, 0.3) is 0 Å². The van der Waals surface area contributed by atoms with Crippen LogP contribution in [0, 0.1) is 0 Å². The van der Waals surface area contributed by atoms with Crippen molar-refractivity contribution in [2.45, 2.75) is 0 Å². The smallest absolute Gasteiger partial charge is 0.190 e. The van der Waals surface area contributed by atoms with E-state index in [0.717, 1.165) is 5.01 Å². The van der Waals surface area contributed by atoms with Gasteiger partial charge < -0.3 is 0 Å². The maximum atomic E-state index is 5.81. The molecule has 0 bridgehead atoms. The van der Waals surface area contributed by atoms with E-state index in [1.807, 2.05) is 5.38 Å². The molecule has 0 aromatic carbocycles. The number of hydrogen-bond donors (Lipinski definition) is 0. The summed E-state index contributed by atoms with van der Waals surface area (Å²) in [5, 5.41) is 3.05. The second kappa shape index (κ2) is 3.69. The fraction of sp³-hybridized carbons (Fsp3) is 0. The summed E-state index contributed by atoms with van der Waals surface area (Å²) >= 11 is 10.5. The molecule has 0 unspecified atom stereocenters. The van der Waals surface area contributed by atoms with Crippen molar-refractivity contribution in [3.63, 3.8) is 0 Å². The highest BCUT2D eigenvalue weighted by Crippen LogP contribution is 2.23. The molecule has 66 valence electrons. The number of thiazole rings is 1. The van der Waals surface area contributed by atoms with Crippen LogP contribution in [0.5, 0.6) is 0 Å². The lowest BCUT2D eigenvalue weighted by Crippen LogP contribution is -1.88. The van der Waals surface area contributed by atoms with Crippen molar-refractivity contribution in [2.24, 2.45) is 0 Å². The molecule has 0 aliphatic carbocycles. The van der Waals surface area contributed by atoms with Crippen molar-refractivity contribution < 1.29 is 0 Å². The minimum Gasteiger partial charge on any atom is -0.241 e. The first-order chi connectivity index (χ1) is 6.27. The van der Waals surface area contributed by atoms with Crippen LogP contribution in [0.2, 0.25) is 5.15 Å². The summed E-state index contributed by atoms with van der Waals surface area (Å²) in [4.78, 5) is 12.2. The van der Waals surface area contributed by atoms with Crippen LogP contribution in [0.1, 0.15) is 0 Å². The first-order valence-corrected chi connectivity index (χ1v) is 5.40. The molecule has 2 heterocycles. The maximum absolute atomic E-state index is 5.81. The predicted molar refractivity (Wildman–Crippen MR) is 55.9 cm³/mol. The predicted octanol–water partition coefficient (Wildman–Crippen LogP) is 3.02. The molecule has 0 spiro atoms. The zero-order valence-corrected chi connectivity index (χ0v) is 9.40. The van der Waals surface area contributed by atoms with Crippen LogP contribution in [-0.2, 0) is 0 Å². The van der Waals surface area contributed by atoms with Gasteiger partial charge in [-0.2, -0.15) is 0 Å². The number of hydrogen-bond acceptors (Lipinski definition) is 4. The van der Waals surface area contributed by atoms with Gasteiger partial charge in [-0.1, -0.05) is 11.6 Å². The van der Waals surface area contributed by atoms with Crippen molar-refractivity contribution in [1.82, 2.24) is 15.0 Å². The number of rotatable bonds is 1. The summed E-state index contributed by atoms with van der Waals surface area (Å²) in [5.74, 6) is 0.559. The third-order valence-corrected chi connectivity index (χ3v) is 3.19. The number of nitrogens with zero attached hydrogens (tertiary/aromatic N) is 3. The van der Waals surface area contributed by atoms with E-state index >= 15 is 0 Å². The molecular weight excluding hydrogens is 274 g/mol. The van der Waals surface area contributed by atoms with E-state index in [0.29, 0.717) is 15.5 Å². The topological polar surface area (TPSA) is 38.7 Å². The highest BCUT2D eigenvalue weighted by Gasteiger charge is 2.06. The third-order valence-electron chi connectivity index (χ3n) is 1.32. The van der Waals surface area contributed by atoms with Gasteiger partial charge in [0.05, 0.1) is 4.47 Å². The van der Waals surface area contributed by atoms with Crippen molar-refractivity contribution in [1.29, 1.82) is 0 Å². The lowest BCUT2D eigenvalue weighted by atomic mass is 10.6. The van der Waals surface area contributed by atoms with Gasteiger partial charge in [-0.3, -0.25) is 0 Å². The fourth-order valence-corrected chi connectivity index (χ4v) is 1.68. The van der Waals surface area contributed by atoms with Crippen molar-refractivity contribution in [3.8, 4) is 10.8 Å². The Morgan fingerprint density at radius 3 is 2.85 bits per heavy atom. The average Bonchev–Trinajstić information content (AvgIpc) is 2.62. The largest absolute Gasteiger partial charge is 0.241 e. The number of halogens is 2. The second-order valence-electron chi connectivity index (χ2n) is 2.17. The van der Waals surface area contributed by atoms with Crippen LogP contribution < -0.4 is 0 Å². The van der Waals surface area contributed by atoms with Crippen LogP contribution in [0.15, 0.2) is 22.2 Å². The van der Waals surface area contributed by atoms with E-state index in [9.17, 15) is 0 Å². The van der Waals surface area contributed by atoms with Crippen LogP contribution in [0.4, 0.5) is 0 Å². The highest BCUT2D eigenvalue weighted by molar-refractivity contribution is 9.10. The van der Waals surface area contributed by atoms with Crippen molar-refractivity contribution >= 4 is 38.9 Å². The molecule has 2 aromatic rings. The minimum absolute atomic E-state index is 0.403. The first kappa shape index (κ1) is 9.05. The van der Waals surface area contributed by atoms with Gasteiger partial charge in [-0.15, -0.1) is 11.3 Å². The van der Waals surface area contributed by atoms with Gasteiger partial charge in [0.2, 0.25) is 0 Å². The molecule has 0 aliphatic rings. The van der Waals surface area contributed by atoms with E-state index in [1.165, 1.54) is 11.3 Å². The lowest BCUT2D eigenvalue weighted by molar-refractivity contribution is 1.15. The van der Waals surface area contributed by atoms with Crippen LogP contribution >= 0.6 is 38.9 Å². The van der Waals surface area contributed by atoms with Gasteiger partial charge in [0.1, 0.15) is 5.15 Å².